The first-order valence-corrected chi connectivity index (χ1v) is 7.86. The number of carbonyl (C=O) groups is 2. The van der Waals surface area contributed by atoms with Crippen molar-refractivity contribution >= 4 is 11.9 Å². The van der Waals surface area contributed by atoms with Crippen molar-refractivity contribution in [3.05, 3.63) is 0 Å². The highest BCUT2D eigenvalue weighted by Crippen LogP contribution is 2.31. The Morgan fingerprint density at radius 2 is 1.70 bits per heavy atom. The van der Waals surface area contributed by atoms with E-state index in [1.165, 1.54) is 12.8 Å². The van der Waals surface area contributed by atoms with Crippen LogP contribution >= 0.6 is 0 Å². The maximum absolute atomic E-state index is 12.1. The van der Waals surface area contributed by atoms with E-state index in [0.717, 1.165) is 44.9 Å². The number of nitrogens with one attached hydrogen (secondary N) is 2. The Bertz CT molecular complexity index is 345. The summed E-state index contributed by atoms with van der Waals surface area (Å²) in [6.07, 6.45) is 9.53. The van der Waals surface area contributed by atoms with Crippen LogP contribution in [0.1, 0.15) is 64.2 Å². The van der Waals surface area contributed by atoms with Crippen molar-refractivity contribution in [3.8, 4) is 0 Å². The van der Waals surface area contributed by atoms with Crippen molar-refractivity contribution in [1.82, 2.24) is 10.6 Å². The summed E-state index contributed by atoms with van der Waals surface area (Å²) in [5, 5.41) is 15.4. The standard InChI is InChI=1S/C15H26N2O3/c18-13(11-16-12-6-2-3-7-12)17-15(10-14(19)20)8-4-1-5-9-15/h12,16H,1-11H2,(H,17,18)(H,19,20). The van der Waals surface area contributed by atoms with E-state index in [1.54, 1.807) is 0 Å². The van der Waals surface area contributed by atoms with Crippen molar-refractivity contribution in [2.75, 3.05) is 6.54 Å². The molecule has 0 aromatic heterocycles. The van der Waals surface area contributed by atoms with E-state index in [4.69, 9.17) is 5.11 Å². The highest BCUT2D eigenvalue weighted by atomic mass is 16.4. The lowest BCUT2D eigenvalue weighted by Crippen LogP contribution is -2.53. The van der Waals surface area contributed by atoms with Crippen LogP contribution in [-0.2, 0) is 9.59 Å². The number of carbonyl (C=O) groups excluding carboxylic acids is 1. The number of amides is 1. The van der Waals surface area contributed by atoms with Gasteiger partial charge in [-0.05, 0) is 25.7 Å². The van der Waals surface area contributed by atoms with Crippen LogP contribution in [0.15, 0.2) is 0 Å². The molecule has 0 aromatic rings. The first-order chi connectivity index (χ1) is 9.60. The van der Waals surface area contributed by atoms with E-state index in [2.05, 4.69) is 10.6 Å². The zero-order chi connectivity index (χ0) is 14.4. The first kappa shape index (κ1) is 15.3. The molecule has 0 unspecified atom stereocenters. The molecule has 5 nitrogen and oxygen atoms in total. The van der Waals surface area contributed by atoms with Crippen LogP contribution in [0, 0.1) is 0 Å². The van der Waals surface area contributed by atoms with Crippen molar-refractivity contribution in [3.63, 3.8) is 0 Å². The van der Waals surface area contributed by atoms with Crippen LogP contribution in [0.4, 0.5) is 0 Å². The fraction of sp³-hybridized carbons (Fsp3) is 0.867. The minimum Gasteiger partial charge on any atom is -0.481 e. The zero-order valence-electron chi connectivity index (χ0n) is 12.1. The van der Waals surface area contributed by atoms with Gasteiger partial charge >= 0.3 is 5.97 Å². The van der Waals surface area contributed by atoms with E-state index in [9.17, 15) is 9.59 Å². The third-order valence-electron chi connectivity index (χ3n) is 4.61. The number of hydrogen-bond donors (Lipinski definition) is 3. The minimum atomic E-state index is -0.823. The van der Waals surface area contributed by atoms with Crippen molar-refractivity contribution in [1.29, 1.82) is 0 Å². The maximum Gasteiger partial charge on any atom is 0.305 e. The molecule has 0 saturated heterocycles. The van der Waals surface area contributed by atoms with Crippen LogP contribution in [-0.4, -0.2) is 35.1 Å². The van der Waals surface area contributed by atoms with E-state index in [1.807, 2.05) is 0 Å². The monoisotopic (exact) mass is 282 g/mol. The molecule has 0 radical (unpaired) electrons. The summed E-state index contributed by atoms with van der Waals surface area (Å²) in [6, 6.07) is 0.461. The summed E-state index contributed by atoms with van der Waals surface area (Å²) in [6.45, 7) is 0.312. The molecule has 0 aliphatic heterocycles. The van der Waals surface area contributed by atoms with E-state index in [-0.39, 0.29) is 12.3 Å². The number of carboxylic acid groups (broad SMARTS) is 1. The number of carboxylic acids is 1. The van der Waals surface area contributed by atoms with Gasteiger partial charge in [0.15, 0.2) is 0 Å². The molecular formula is C15H26N2O3. The minimum absolute atomic E-state index is 0.0438. The second-order valence-electron chi connectivity index (χ2n) is 6.32. The molecular weight excluding hydrogens is 256 g/mol. The number of hydrogen-bond acceptors (Lipinski definition) is 3. The van der Waals surface area contributed by atoms with Crippen molar-refractivity contribution < 1.29 is 14.7 Å². The Labute approximate surface area is 120 Å². The third-order valence-corrected chi connectivity index (χ3v) is 4.61. The zero-order valence-corrected chi connectivity index (χ0v) is 12.1. The summed E-state index contributed by atoms with van der Waals surface area (Å²) < 4.78 is 0. The van der Waals surface area contributed by atoms with Gasteiger partial charge in [0.05, 0.1) is 18.5 Å². The fourth-order valence-corrected chi connectivity index (χ4v) is 3.57. The SMILES string of the molecule is O=C(O)CC1(NC(=O)CNC2CCCC2)CCCCC1. The van der Waals surface area contributed by atoms with Crippen LogP contribution in [0.2, 0.25) is 0 Å². The second kappa shape index (κ2) is 7.07. The van der Waals surface area contributed by atoms with E-state index in [0.29, 0.717) is 12.6 Å². The molecule has 20 heavy (non-hydrogen) atoms. The lowest BCUT2D eigenvalue weighted by Gasteiger charge is -2.37. The highest BCUT2D eigenvalue weighted by molar-refractivity contribution is 5.80. The molecule has 2 rings (SSSR count). The van der Waals surface area contributed by atoms with Crippen LogP contribution in [0.3, 0.4) is 0 Å². The Morgan fingerprint density at radius 1 is 1.05 bits per heavy atom. The van der Waals surface area contributed by atoms with E-state index >= 15 is 0 Å². The topological polar surface area (TPSA) is 78.4 Å². The molecule has 2 fully saturated rings. The van der Waals surface area contributed by atoms with Gasteiger partial charge in [0, 0.05) is 6.04 Å². The largest absolute Gasteiger partial charge is 0.481 e. The van der Waals surface area contributed by atoms with Crippen LogP contribution in [0.5, 0.6) is 0 Å². The van der Waals surface area contributed by atoms with Gasteiger partial charge in [-0.25, -0.2) is 0 Å². The molecule has 3 N–H and O–H groups in total. The summed E-state index contributed by atoms with van der Waals surface area (Å²) in [4.78, 5) is 23.1. The highest BCUT2D eigenvalue weighted by Gasteiger charge is 2.35. The van der Waals surface area contributed by atoms with Gasteiger partial charge in [0.1, 0.15) is 0 Å². The lowest BCUT2D eigenvalue weighted by molar-refractivity contribution is -0.139. The van der Waals surface area contributed by atoms with Gasteiger partial charge in [-0.1, -0.05) is 32.1 Å². The lowest BCUT2D eigenvalue weighted by atomic mass is 9.79. The van der Waals surface area contributed by atoms with Gasteiger partial charge in [-0.15, -0.1) is 0 Å². The third kappa shape index (κ3) is 4.47. The Balaban J connectivity index is 1.82. The van der Waals surface area contributed by atoms with Crippen LogP contribution in [0.25, 0.3) is 0 Å². The molecule has 2 aliphatic carbocycles. The Kier molecular flexibility index (Phi) is 5.40. The molecule has 0 bridgehead atoms. The van der Waals surface area contributed by atoms with Crippen molar-refractivity contribution in [2.45, 2.75) is 75.8 Å². The van der Waals surface area contributed by atoms with Gasteiger partial charge in [0.25, 0.3) is 0 Å². The van der Waals surface area contributed by atoms with Gasteiger partial charge in [-0.3, -0.25) is 9.59 Å². The molecule has 1 amide bonds. The molecule has 0 heterocycles. The number of aliphatic carboxylic acids is 1. The summed E-state index contributed by atoms with van der Waals surface area (Å²) in [7, 11) is 0. The van der Waals surface area contributed by atoms with Gasteiger partial charge in [-0.2, -0.15) is 0 Å². The van der Waals surface area contributed by atoms with Gasteiger partial charge < -0.3 is 15.7 Å². The summed E-state index contributed by atoms with van der Waals surface area (Å²) in [5.41, 5.74) is -0.515. The Hall–Kier alpha value is -1.10. The fourth-order valence-electron chi connectivity index (χ4n) is 3.57. The summed E-state index contributed by atoms with van der Waals surface area (Å²) >= 11 is 0. The molecule has 0 spiro atoms. The molecule has 2 aliphatic rings. The van der Waals surface area contributed by atoms with E-state index < -0.39 is 11.5 Å². The Morgan fingerprint density at radius 3 is 2.30 bits per heavy atom. The molecule has 0 aromatic carbocycles. The molecule has 114 valence electrons. The van der Waals surface area contributed by atoms with Crippen LogP contribution < -0.4 is 10.6 Å². The average Bonchev–Trinajstić information content (AvgIpc) is 2.89. The average molecular weight is 282 g/mol. The first-order valence-electron chi connectivity index (χ1n) is 7.86. The maximum atomic E-state index is 12.1. The van der Waals surface area contributed by atoms with Gasteiger partial charge in [0.2, 0.25) is 5.91 Å². The normalized spacial score (nSPS) is 22.6. The van der Waals surface area contributed by atoms with Crippen molar-refractivity contribution in [2.24, 2.45) is 0 Å². The smallest absolute Gasteiger partial charge is 0.305 e. The molecule has 5 heteroatoms. The second-order valence-corrected chi connectivity index (χ2v) is 6.32. The predicted octanol–water partition coefficient (Wildman–Crippen LogP) is 1.81. The summed E-state index contributed by atoms with van der Waals surface area (Å²) in [5.74, 6) is -0.879. The molecule has 0 atom stereocenters. The predicted molar refractivity (Wildman–Crippen MR) is 76.5 cm³/mol. The number of rotatable bonds is 6. The molecule has 2 saturated carbocycles. The quantitative estimate of drug-likeness (QED) is 0.694.